The Morgan fingerprint density at radius 3 is 2.84 bits per heavy atom. The van der Waals surface area contributed by atoms with Gasteiger partial charge in [-0.2, -0.15) is 0 Å². The second kappa shape index (κ2) is 6.81. The first-order valence-corrected chi connectivity index (χ1v) is 9.51. The van der Waals surface area contributed by atoms with Gasteiger partial charge in [0.15, 0.2) is 0 Å². The SMILES string of the molecule is CNCCCc1cnc(CC2CCS(=O)(=O)CC2)s1. The van der Waals surface area contributed by atoms with Crippen molar-refractivity contribution in [1.29, 1.82) is 0 Å². The second-order valence-corrected chi connectivity index (χ2v) is 8.73. The van der Waals surface area contributed by atoms with Gasteiger partial charge in [-0.15, -0.1) is 11.3 Å². The van der Waals surface area contributed by atoms with Crippen LogP contribution in [0.2, 0.25) is 0 Å². The predicted molar refractivity (Wildman–Crippen MR) is 79.4 cm³/mol. The Morgan fingerprint density at radius 2 is 2.16 bits per heavy atom. The van der Waals surface area contributed by atoms with Crippen LogP contribution in [-0.2, 0) is 22.7 Å². The molecule has 0 spiro atoms. The molecule has 0 atom stereocenters. The van der Waals surface area contributed by atoms with Crippen LogP contribution in [0.25, 0.3) is 0 Å². The Hall–Kier alpha value is -0.460. The molecule has 19 heavy (non-hydrogen) atoms. The monoisotopic (exact) mass is 302 g/mol. The summed E-state index contributed by atoms with van der Waals surface area (Å²) in [5.41, 5.74) is 0. The van der Waals surface area contributed by atoms with Crippen molar-refractivity contribution in [2.75, 3.05) is 25.1 Å². The van der Waals surface area contributed by atoms with E-state index in [-0.39, 0.29) is 0 Å². The normalized spacial score (nSPS) is 19.6. The Morgan fingerprint density at radius 1 is 1.42 bits per heavy atom. The lowest BCUT2D eigenvalue weighted by molar-refractivity contribution is 0.462. The van der Waals surface area contributed by atoms with Gasteiger partial charge < -0.3 is 5.32 Å². The van der Waals surface area contributed by atoms with Crippen LogP contribution in [0.15, 0.2) is 6.20 Å². The number of hydrogen-bond acceptors (Lipinski definition) is 5. The van der Waals surface area contributed by atoms with Crippen molar-refractivity contribution >= 4 is 21.2 Å². The van der Waals surface area contributed by atoms with Crippen LogP contribution in [0.5, 0.6) is 0 Å². The van der Waals surface area contributed by atoms with E-state index >= 15 is 0 Å². The molecule has 1 aromatic rings. The average molecular weight is 302 g/mol. The molecular formula is C13H22N2O2S2. The molecule has 1 aliphatic rings. The molecule has 0 aliphatic carbocycles. The van der Waals surface area contributed by atoms with Crippen molar-refractivity contribution in [3.63, 3.8) is 0 Å². The Balaban J connectivity index is 1.80. The summed E-state index contributed by atoms with van der Waals surface area (Å²) in [6.07, 6.45) is 6.76. The molecule has 108 valence electrons. The summed E-state index contributed by atoms with van der Waals surface area (Å²) in [4.78, 5) is 5.82. The smallest absolute Gasteiger partial charge is 0.150 e. The largest absolute Gasteiger partial charge is 0.320 e. The molecule has 4 nitrogen and oxygen atoms in total. The van der Waals surface area contributed by atoms with Crippen LogP contribution < -0.4 is 5.32 Å². The number of rotatable bonds is 6. The molecule has 0 bridgehead atoms. The van der Waals surface area contributed by atoms with Gasteiger partial charge >= 0.3 is 0 Å². The first kappa shape index (κ1) is 14.9. The van der Waals surface area contributed by atoms with Crippen molar-refractivity contribution < 1.29 is 8.42 Å². The molecule has 1 aliphatic heterocycles. The van der Waals surface area contributed by atoms with E-state index in [9.17, 15) is 8.42 Å². The van der Waals surface area contributed by atoms with E-state index in [1.165, 1.54) is 9.88 Å². The van der Waals surface area contributed by atoms with Gasteiger partial charge in [0.25, 0.3) is 0 Å². The Kier molecular flexibility index (Phi) is 5.36. The van der Waals surface area contributed by atoms with Gasteiger partial charge in [-0.3, -0.25) is 0 Å². The van der Waals surface area contributed by atoms with E-state index in [1.807, 2.05) is 13.2 Å². The summed E-state index contributed by atoms with van der Waals surface area (Å²) in [5.74, 6) is 1.22. The van der Waals surface area contributed by atoms with Crippen molar-refractivity contribution in [2.45, 2.75) is 32.1 Å². The van der Waals surface area contributed by atoms with E-state index in [4.69, 9.17) is 0 Å². The van der Waals surface area contributed by atoms with Gasteiger partial charge in [0.2, 0.25) is 0 Å². The van der Waals surface area contributed by atoms with E-state index in [2.05, 4.69) is 10.3 Å². The molecule has 1 saturated heterocycles. The van der Waals surface area contributed by atoms with Gasteiger partial charge in [-0.05, 0) is 45.2 Å². The third-order valence-electron chi connectivity index (χ3n) is 3.59. The number of aryl methyl sites for hydroxylation is 1. The molecule has 1 fully saturated rings. The van der Waals surface area contributed by atoms with Gasteiger partial charge in [0, 0.05) is 17.5 Å². The molecule has 2 rings (SSSR count). The van der Waals surface area contributed by atoms with E-state index < -0.39 is 9.84 Å². The highest BCUT2D eigenvalue weighted by Crippen LogP contribution is 2.25. The van der Waals surface area contributed by atoms with Gasteiger partial charge in [-0.25, -0.2) is 13.4 Å². The van der Waals surface area contributed by atoms with Crippen LogP contribution in [-0.4, -0.2) is 38.5 Å². The first-order valence-electron chi connectivity index (χ1n) is 6.87. The van der Waals surface area contributed by atoms with Crippen LogP contribution in [0, 0.1) is 5.92 Å². The zero-order valence-electron chi connectivity index (χ0n) is 11.4. The second-order valence-electron chi connectivity index (χ2n) is 5.23. The molecule has 0 saturated carbocycles. The summed E-state index contributed by atoms with van der Waals surface area (Å²) < 4.78 is 22.8. The lowest BCUT2D eigenvalue weighted by Crippen LogP contribution is -2.24. The maximum atomic E-state index is 11.4. The molecule has 0 aromatic carbocycles. The Bertz CT molecular complexity index is 482. The van der Waals surface area contributed by atoms with Crippen molar-refractivity contribution in [3.8, 4) is 0 Å². The number of aromatic nitrogens is 1. The quantitative estimate of drug-likeness (QED) is 0.812. The van der Waals surface area contributed by atoms with E-state index in [0.717, 1.165) is 38.6 Å². The fourth-order valence-corrected chi connectivity index (χ4v) is 5.06. The van der Waals surface area contributed by atoms with Crippen LogP contribution in [0.1, 0.15) is 29.1 Å². The Labute approximate surface area is 119 Å². The molecule has 0 unspecified atom stereocenters. The van der Waals surface area contributed by atoms with E-state index in [1.54, 1.807) is 11.3 Å². The maximum Gasteiger partial charge on any atom is 0.150 e. The number of sulfone groups is 1. The van der Waals surface area contributed by atoms with Crippen LogP contribution in [0.4, 0.5) is 0 Å². The lowest BCUT2D eigenvalue weighted by Gasteiger charge is -2.20. The molecule has 0 amide bonds. The number of nitrogens with one attached hydrogen (secondary N) is 1. The highest BCUT2D eigenvalue weighted by atomic mass is 32.2. The molecule has 0 radical (unpaired) electrons. The first-order chi connectivity index (χ1) is 9.09. The highest BCUT2D eigenvalue weighted by Gasteiger charge is 2.24. The summed E-state index contributed by atoms with van der Waals surface area (Å²) in [7, 11) is -0.774. The fourth-order valence-electron chi connectivity index (χ4n) is 2.39. The predicted octanol–water partition coefficient (Wildman–Crippen LogP) is 1.66. The summed E-state index contributed by atoms with van der Waals surface area (Å²) in [5, 5.41) is 4.32. The van der Waals surface area contributed by atoms with E-state index in [0.29, 0.717) is 17.4 Å². The standard InChI is InChI=1S/C13H22N2O2S2/c1-14-6-2-3-12-10-15-13(18-12)9-11-4-7-19(16,17)8-5-11/h10-11,14H,2-9H2,1H3. The van der Waals surface area contributed by atoms with Gasteiger partial charge in [0.05, 0.1) is 16.5 Å². The summed E-state index contributed by atoms with van der Waals surface area (Å²) in [6, 6.07) is 0. The molecule has 1 N–H and O–H groups in total. The number of nitrogens with zero attached hydrogens (tertiary/aromatic N) is 1. The molecular weight excluding hydrogens is 280 g/mol. The third kappa shape index (κ3) is 4.85. The van der Waals surface area contributed by atoms with Gasteiger partial charge in [-0.1, -0.05) is 0 Å². The average Bonchev–Trinajstić information content (AvgIpc) is 2.80. The van der Waals surface area contributed by atoms with Crippen molar-refractivity contribution in [2.24, 2.45) is 5.92 Å². The minimum Gasteiger partial charge on any atom is -0.320 e. The van der Waals surface area contributed by atoms with Crippen molar-refractivity contribution in [3.05, 3.63) is 16.1 Å². The molecule has 1 aromatic heterocycles. The maximum absolute atomic E-state index is 11.4. The minimum atomic E-state index is -2.74. The summed E-state index contributed by atoms with van der Waals surface area (Å²) >= 11 is 1.79. The fraction of sp³-hybridized carbons (Fsp3) is 0.769. The van der Waals surface area contributed by atoms with Crippen LogP contribution >= 0.6 is 11.3 Å². The highest BCUT2D eigenvalue weighted by molar-refractivity contribution is 7.91. The zero-order chi connectivity index (χ0) is 13.7. The minimum absolute atomic E-state index is 0.359. The zero-order valence-corrected chi connectivity index (χ0v) is 13.0. The lowest BCUT2D eigenvalue weighted by atomic mass is 9.99. The van der Waals surface area contributed by atoms with Crippen molar-refractivity contribution in [1.82, 2.24) is 10.3 Å². The number of hydrogen-bond donors (Lipinski definition) is 1. The van der Waals surface area contributed by atoms with Crippen LogP contribution in [0.3, 0.4) is 0 Å². The van der Waals surface area contributed by atoms with Gasteiger partial charge in [0.1, 0.15) is 9.84 Å². The summed E-state index contributed by atoms with van der Waals surface area (Å²) in [6.45, 7) is 1.04. The number of thiazole rings is 1. The topological polar surface area (TPSA) is 59.1 Å². The molecule has 2 heterocycles. The third-order valence-corrected chi connectivity index (χ3v) is 6.38. The molecule has 6 heteroatoms.